The molecule has 0 bridgehead atoms. The summed E-state index contributed by atoms with van der Waals surface area (Å²) in [4.78, 5) is 2.13. The van der Waals surface area contributed by atoms with E-state index < -0.39 is 9.84 Å². The second-order valence-corrected chi connectivity index (χ2v) is 7.83. The van der Waals surface area contributed by atoms with Crippen molar-refractivity contribution < 1.29 is 8.42 Å². The molecule has 0 saturated carbocycles. The van der Waals surface area contributed by atoms with E-state index in [1.54, 1.807) is 6.07 Å². The average Bonchev–Trinajstić information content (AvgIpc) is 2.54. The average molecular weight is 332 g/mol. The third-order valence-electron chi connectivity index (χ3n) is 3.95. The minimum Gasteiger partial charge on any atom is -0.352 e. The lowest BCUT2D eigenvalue weighted by Crippen LogP contribution is -2.46. The highest BCUT2D eigenvalue weighted by atomic mass is 32.2. The van der Waals surface area contributed by atoms with Gasteiger partial charge in [-0.25, -0.2) is 8.42 Å². The van der Waals surface area contributed by atoms with Gasteiger partial charge in [0.2, 0.25) is 0 Å². The summed E-state index contributed by atoms with van der Waals surface area (Å²) >= 11 is 0. The fraction of sp³-hybridized carbons (Fsp3) is 0.375. The number of benzene rings is 1. The Hall–Kier alpha value is -1.99. The summed E-state index contributed by atoms with van der Waals surface area (Å²) in [6.45, 7) is 4.51. The van der Waals surface area contributed by atoms with E-state index in [4.69, 9.17) is 0 Å². The molecule has 122 valence electrons. The third-order valence-corrected chi connectivity index (χ3v) is 4.93. The van der Waals surface area contributed by atoms with E-state index >= 15 is 0 Å². The molecule has 1 fully saturated rings. The van der Waals surface area contributed by atoms with E-state index in [2.05, 4.69) is 51.6 Å². The monoisotopic (exact) mass is 332 g/mol. The number of aryl methyl sites for hydroxylation is 1. The van der Waals surface area contributed by atoms with Crippen molar-refractivity contribution in [3.05, 3.63) is 47.5 Å². The normalized spacial score (nSPS) is 18.9. The van der Waals surface area contributed by atoms with Crippen LogP contribution < -0.4 is 10.2 Å². The molecule has 1 aliphatic rings. The van der Waals surface area contributed by atoms with Crippen LogP contribution in [0.25, 0.3) is 0 Å². The van der Waals surface area contributed by atoms with Crippen LogP contribution in [-0.2, 0) is 9.84 Å². The maximum atomic E-state index is 11.5. The van der Waals surface area contributed by atoms with Gasteiger partial charge in [0.1, 0.15) is 0 Å². The molecule has 3 rings (SSSR count). The SMILES string of the molecule is Cc1cccc(C2CN(c3ccc(S(C)(=O)=O)nn3)CCN2)c1. The van der Waals surface area contributed by atoms with Crippen molar-refractivity contribution >= 4 is 15.7 Å². The molecular formula is C16H20N4O2S. The lowest BCUT2D eigenvalue weighted by Gasteiger charge is -2.34. The van der Waals surface area contributed by atoms with Crippen LogP contribution >= 0.6 is 0 Å². The van der Waals surface area contributed by atoms with E-state index in [1.165, 1.54) is 17.2 Å². The molecule has 1 N–H and O–H groups in total. The van der Waals surface area contributed by atoms with E-state index in [1.807, 2.05) is 0 Å². The topological polar surface area (TPSA) is 75.2 Å². The molecule has 1 aromatic carbocycles. The van der Waals surface area contributed by atoms with Gasteiger partial charge in [-0.15, -0.1) is 10.2 Å². The second kappa shape index (κ2) is 6.25. The number of piperazine rings is 1. The first-order valence-electron chi connectivity index (χ1n) is 7.52. The molecule has 2 aromatic rings. The molecule has 1 atom stereocenters. The van der Waals surface area contributed by atoms with Crippen LogP contribution in [0.15, 0.2) is 41.4 Å². The predicted molar refractivity (Wildman–Crippen MR) is 89.3 cm³/mol. The smallest absolute Gasteiger partial charge is 0.194 e. The zero-order valence-electron chi connectivity index (χ0n) is 13.2. The van der Waals surface area contributed by atoms with Gasteiger partial charge < -0.3 is 10.2 Å². The minimum atomic E-state index is -3.31. The first kappa shape index (κ1) is 15.9. The summed E-state index contributed by atoms with van der Waals surface area (Å²) in [7, 11) is -3.31. The molecule has 1 unspecified atom stereocenters. The molecule has 23 heavy (non-hydrogen) atoms. The van der Waals surface area contributed by atoms with Crippen molar-refractivity contribution in [2.75, 3.05) is 30.8 Å². The molecule has 1 aliphatic heterocycles. The van der Waals surface area contributed by atoms with Crippen LogP contribution in [0.4, 0.5) is 5.82 Å². The maximum Gasteiger partial charge on any atom is 0.194 e. The number of hydrogen-bond acceptors (Lipinski definition) is 6. The molecule has 1 aromatic heterocycles. The Labute approximate surface area is 136 Å². The van der Waals surface area contributed by atoms with Crippen molar-refractivity contribution in [3.63, 3.8) is 0 Å². The van der Waals surface area contributed by atoms with Crippen LogP contribution in [0.5, 0.6) is 0 Å². The number of hydrogen-bond donors (Lipinski definition) is 1. The number of anilines is 1. The van der Waals surface area contributed by atoms with E-state index in [0.29, 0.717) is 5.82 Å². The molecule has 6 nitrogen and oxygen atoms in total. The lowest BCUT2D eigenvalue weighted by atomic mass is 10.0. The predicted octanol–water partition coefficient (Wildman–Crippen LogP) is 1.34. The van der Waals surface area contributed by atoms with Crippen molar-refractivity contribution in [1.82, 2.24) is 15.5 Å². The molecule has 0 aliphatic carbocycles. The molecular weight excluding hydrogens is 312 g/mol. The lowest BCUT2D eigenvalue weighted by molar-refractivity contribution is 0.468. The second-order valence-electron chi connectivity index (χ2n) is 5.87. The quantitative estimate of drug-likeness (QED) is 0.914. The Bertz CT molecular complexity index is 790. The molecule has 2 heterocycles. The van der Waals surface area contributed by atoms with E-state index in [-0.39, 0.29) is 11.1 Å². The van der Waals surface area contributed by atoms with Gasteiger partial charge in [-0.05, 0) is 24.6 Å². The zero-order chi connectivity index (χ0) is 16.4. The van der Waals surface area contributed by atoms with Crippen LogP contribution in [0.3, 0.4) is 0 Å². The number of sulfone groups is 1. The highest BCUT2D eigenvalue weighted by Crippen LogP contribution is 2.22. The fourth-order valence-corrected chi connectivity index (χ4v) is 3.25. The van der Waals surface area contributed by atoms with Crippen molar-refractivity contribution in [3.8, 4) is 0 Å². The number of nitrogens with zero attached hydrogens (tertiary/aromatic N) is 3. The Morgan fingerprint density at radius 2 is 2.04 bits per heavy atom. The van der Waals surface area contributed by atoms with Crippen molar-refractivity contribution in [2.45, 2.75) is 18.0 Å². The molecule has 0 radical (unpaired) electrons. The highest BCUT2D eigenvalue weighted by molar-refractivity contribution is 7.90. The third kappa shape index (κ3) is 3.68. The van der Waals surface area contributed by atoms with Gasteiger partial charge in [0, 0.05) is 31.9 Å². The maximum absolute atomic E-state index is 11.5. The van der Waals surface area contributed by atoms with Gasteiger partial charge in [0.15, 0.2) is 20.7 Å². The molecule has 0 amide bonds. The Morgan fingerprint density at radius 1 is 1.22 bits per heavy atom. The van der Waals surface area contributed by atoms with Gasteiger partial charge in [0.25, 0.3) is 0 Å². The fourth-order valence-electron chi connectivity index (χ4n) is 2.75. The molecule has 0 spiro atoms. The zero-order valence-corrected chi connectivity index (χ0v) is 14.0. The van der Waals surface area contributed by atoms with E-state index in [0.717, 1.165) is 25.9 Å². The van der Waals surface area contributed by atoms with Gasteiger partial charge >= 0.3 is 0 Å². The molecule has 7 heteroatoms. The van der Waals surface area contributed by atoms with Crippen LogP contribution in [-0.4, -0.2) is 44.5 Å². The first-order chi connectivity index (χ1) is 10.9. The van der Waals surface area contributed by atoms with Gasteiger partial charge in [-0.1, -0.05) is 29.8 Å². The first-order valence-corrected chi connectivity index (χ1v) is 9.41. The summed E-state index contributed by atoms with van der Waals surface area (Å²) in [5.74, 6) is 0.705. The summed E-state index contributed by atoms with van der Waals surface area (Å²) in [6.07, 6.45) is 1.13. The number of aromatic nitrogens is 2. The van der Waals surface area contributed by atoms with Gasteiger partial charge in [0.05, 0.1) is 0 Å². The number of rotatable bonds is 3. The Morgan fingerprint density at radius 3 is 2.70 bits per heavy atom. The standard InChI is InChI=1S/C16H20N4O2S/c1-12-4-3-5-13(10-12)14-11-20(9-8-17-14)15-6-7-16(19-18-15)23(2,21)22/h3-7,10,14,17H,8-9,11H2,1-2H3. The van der Waals surface area contributed by atoms with Crippen LogP contribution in [0, 0.1) is 6.92 Å². The Kier molecular flexibility index (Phi) is 4.32. The highest BCUT2D eigenvalue weighted by Gasteiger charge is 2.22. The van der Waals surface area contributed by atoms with Crippen LogP contribution in [0.1, 0.15) is 17.2 Å². The summed E-state index contributed by atoms with van der Waals surface area (Å²) in [6, 6.07) is 11.9. The van der Waals surface area contributed by atoms with Crippen LogP contribution in [0.2, 0.25) is 0 Å². The largest absolute Gasteiger partial charge is 0.352 e. The van der Waals surface area contributed by atoms with Gasteiger partial charge in [-0.2, -0.15) is 0 Å². The Balaban J connectivity index is 1.78. The minimum absolute atomic E-state index is 0.00613. The van der Waals surface area contributed by atoms with Crippen molar-refractivity contribution in [1.29, 1.82) is 0 Å². The summed E-state index contributed by atoms with van der Waals surface area (Å²) < 4.78 is 22.9. The van der Waals surface area contributed by atoms with E-state index in [9.17, 15) is 8.42 Å². The van der Waals surface area contributed by atoms with Crippen molar-refractivity contribution in [2.24, 2.45) is 0 Å². The molecule has 1 saturated heterocycles. The summed E-state index contributed by atoms with van der Waals surface area (Å²) in [5, 5.41) is 11.4. The number of nitrogens with one attached hydrogen (secondary N) is 1. The summed E-state index contributed by atoms with van der Waals surface area (Å²) in [5.41, 5.74) is 2.48. The van der Waals surface area contributed by atoms with Gasteiger partial charge in [-0.3, -0.25) is 0 Å².